The van der Waals surface area contributed by atoms with Crippen LogP contribution in [-0.2, 0) is 14.4 Å². The van der Waals surface area contributed by atoms with E-state index in [1.807, 2.05) is 23.6 Å². The summed E-state index contributed by atoms with van der Waals surface area (Å²) in [5, 5.41) is 7.47. The van der Waals surface area contributed by atoms with E-state index in [1.165, 1.54) is 23.2 Å². The Kier molecular flexibility index (Phi) is 4.61. The number of carbonyl (C=O) groups excluding carboxylic acids is 3. The summed E-state index contributed by atoms with van der Waals surface area (Å²) in [5.74, 6) is -0.628. The number of amides is 3. The number of hydrogen-bond acceptors (Lipinski definition) is 4. The summed E-state index contributed by atoms with van der Waals surface area (Å²) in [6, 6.07) is 10.5. The lowest BCUT2D eigenvalue weighted by atomic mass is 10.1. The number of rotatable bonds is 4. The number of hydrogen-bond donors (Lipinski definition) is 2. The maximum absolute atomic E-state index is 12.8. The minimum Gasteiger partial charge on any atom is -0.348 e. The third-order valence-corrected chi connectivity index (χ3v) is 4.70. The van der Waals surface area contributed by atoms with Crippen LogP contribution in [0.2, 0.25) is 0 Å². The largest absolute Gasteiger partial charge is 0.348 e. The molecule has 24 heavy (non-hydrogen) atoms. The van der Waals surface area contributed by atoms with E-state index >= 15 is 0 Å². The smallest absolute Gasteiger partial charge is 0.244 e. The molecule has 2 heterocycles. The molecule has 1 aliphatic heterocycles. The molecule has 0 bridgehead atoms. The van der Waals surface area contributed by atoms with Crippen LogP contribution in [0.3, 0.4) is 0 Å². The van der Waals surface area contributed by atoms with Gasteiger partial charge in [0, 0.05) is 11.8 Å². The number of carbonyl (C=O) groups is 3. The maximum Gasteiger partial charge on any atom is 0.244 e. The van der Waals surface area contributed by atoms with E-state index in [-0.39, 0.29) is 30.7 Å². The Bertz CT molecular complexity index is 773. The van der Waals surface area contributed by atoms with Crippen molar-refractivity contribution < 1.29 is 14.4 Å². The standard InChI is InChI=1S/C17H17N3O3S/c1-11(21)18-13(15-7-4-8-24-15)9-17(23)20-10-16(22)19-12-5-2-3-6-14(12)20/h2-8,13H,9-10H2,1H3,(H,18,21)(H,19,22)/t13-/m0/s1. The Hall–Kier alpha value is -2.67. The molecule has 7 heteroatoms. The predicted molar refractivity (Wildman–Crippen MR) is 92.9 cm³/mol. The quantitative estimate of drug-likeness (QED) is 0.894. The monoisotopic (exact) mass is 343 g/mol. The minimum atomic E-state index is -0.396. The van der Waals surface area contributed by atoms with Crippen LogP contribution in [0.1, 0.15) is 24.3 Å². The first-order valence-electron chi connectivity index (χ1n) is 7.54. The molecular formula is C17H17N3O3S. The van der Waals surface area contributed by atoms with E-state index in [2.05, 4.69) is 10.6 Å². The fraction of sp³-hybridized carbons (Fsp3) is 0.235. The summed E-state index contributed by atoms with van der Waals surface area (Å²) in [6.45, 7) is 1.40. The second kappa shape index (κ2) is 6.84. The highest BCUT2D eigenvalue weighted by Crippen LogP contribution is 2.31. The summed E-state index contributed by atoms with van der Waals surface area (Å²) < 4.78 is 0. The molecule has 0 saturated carbocycles. The zero-order valence-electron chi connectivity index (χ0n) is 13.1. The lowest BCUT2D eigenvalue weighted by molar-refractivity contribution is -0.123. The van der Waals surface area contributed by atoms with Crippen LogP contribution in [0.5, 0.6) is 0 Å². The van der Waals surface area contributed by atoms with Crippen molar-refractivity contribution in [2.24, 2.45) is 0 Å². The Morgan fingerprint density at radius 3 is 2.79 bits per heavy atom. The van der Waals surface area contributed by atoms with Gasteiger partial charge in [0.1, 0.15) is 6.54 Å². The van der Waals surface area contributed by atoms with Gasteiger partial charge in [0.05, 0.1) is 23.8 Å². The number of anilines is 2. The number of thiophene rings is 1. The van der Waals surface area contributed by atoms with E-state index in [4.69, 9.17) is 0 Å². The summed E-state index contributed by atoms with van der Waals surface area (Å²) in [4.78, 5) is 38.5. The third kappa shape index (κ3) is 3.46. The molecule has 124 valence electrons. The van der Waals surface area contributed by atoms with Crippen LogP contribution in [0.25, 0.3) is 0 Å². The van der Waals surface area contributed by atoms with Crippen molar-refractivity contribution in [3.05, 3.63) is 46.7 Å². The highest BCUT2D eigenvalue weighted by Gasteiger charge is 2.29. The topological polar surface area (TPSA) is 78.5 Å². The van der Waals surface area contributed by atoms with Crippen LogP contribution in [0.4, 0.5) is 11.4 Å². The number of nitrogens with one attached hydrogen (secondary N) is 2. The molecule has 0 spiro atoms. The fourth-order valence-electron chi connectivity index (χ4n) is 2.70. The van der Waals surface area contributed by atoms with Crippen molar-refractivity contribution in [2.75, 3.05) is 16.8 Å². The highest BCUT2D eigenvalue weighted by atomic mass is 32.1. The first-order chi connectivity index (χ1) is 11.5. The Morgan fingerprint density at radius 2 is 2.08 bits per heavy atom. The van der Waals surface area contributed by atoms with Crippen molar-refractivity contribution in [1.29, 1.82) is 0 Å². The predicted octanol–water partition coefficient (Wildman–Crippen LogP) is 2.30. The number of nitrogens with zero attached hydrogens (tertiary/aromatic N) is 1. The number of para-hydroxylation sites is 2. The van der Waals surface area contributed by atoms with Gasteiger partial charge in [0.2, 0.25) is 17.7 Å². The van der Waals surface area contributed by atoms with E-state index in [0.717, 1.165) is 4.88 Å². The second-order valence-electron chi connectivity index (χ2n) is 5.52. The Balaban J connectivity index is 1.83. The van der Waals surface area contributed by atoms with Crippen LogP contribution >= 0.6 is 11.3 Å². The van der Waals surface area contributed by atoms with Gasteiger partial charge in [-0.05, 0) is 23.6 Å². The van der Waals surface area contributed by atoms with Gasteiger partial charge in [-0.15, -0.1) is 11.3 Å². The molecule has 0 fully saturated rings. The Labute approximate surface area is 143 Å². The van der Waals surface area contributed by atoms with E-state index in [9.17, 15) is 14.4 Å². The van der Waals surface area contributed by atoms with Crippen molar-refractivity contribution in [1.82, 2.24) is 5.32 Å². The molecule has 0 radical (unpaired) electrons. The third-order valence-electron chi connectivity index (χ3n) is 3.71. The molecular weight excluding hydrogens is 326 g/mol. The molecule has 0 unspecified atom stereocenters. The van der Waals surface area contributed by atoms with E-state index in [0.29, 0.717) is 11.4 Å². The van der Waals surface area contributed by atoms with Crippen LogP contribution in [0, 0.1) is 0 Å². The summed E-state index contributed by atoms with van der Waals surface area (Å²) >= 11 is 1.48. The SMILES string of the molecule is CC(=O)N[C@@H](CC(=O)N1CC(=O)Nc2ccccc21)c1cccs1. The zero-order chi connectivity index (χ0) is 17.1. The summed E-state index contributed by atoms with van der Waals surface area (Å²) in [7, 11) is 0. The van der Waals surface area contributed by atoms with Gasteiger partial charge >= 0.3 is 0 Å². The zero-order valence-corrected chi connectivity index (χ0v) is 13.9. The maximum atomic E-state index is 12.8. The normalized spacial score (nSPS) is 14.5. The molecule has 2 aromatic rings. The van der Waals surface area contributed by atoms with Gasteiger partial charge in [0.25, 0.3) is 0 Å². The lowest BCUT2D eigenvalue weighted by Crippen LogP contribution is -2.43. The van der Waals surface area contributed by atoms with Crippen molar-refractivity contribution in [3.8, 4) is 0 Å². The van der Waals surface area contributed by atoms with Crippen LogP contribution < -0.4 is 15.5 Å². The van der Waals surface area contributed by atoms with Crippen LogP contribution in [0.15, 0.2) is 41.8 Å². The molecule has 3 rings (SSSR count). The van der Waals surface area contributed by atoms with Gasteiger partial charge in [-0.2, -0.15) is 0 Å². The van der Waals surface area contributed by atoms with Crippen molar-refractivity contribution in [3.63, 3.8) is 0 Å². The van der Waals surface area contributed by atoms with Crippen LogP contribution in [-0.4, -0.2) is 24.3 Å². The lowest BCUT2D eigenvalue weighted by Gasteiger charge is -2.30. The van der Waals surface area contributed by atoms with Gasteiger partial charge in [0.15, 0.2) is 0 Å². The summed E-state index contributed by atoms with van der Waals surface area (Å²) in [6.07, 6.45) is 0.0989. The molecule has 3 amide bonds. The first kappa shape index (κ1) is 16.2. The van der Waals surface area contributed by atoms with Gasteiger partial charge in [-0.1, -0.05) is 18.2 Å². The second-order valence-corrected chi connectivity index (χ2v) is 6.50. The highest BCUT2D eigenvalue weighted by molar-refractivity contribution is 7.10. The Morgan fingerprint density at radius 1 is 1.29 bits per heavy atom. The van der Waals surface area contributed by atoms with E-state index in [1.54, 1.807) is 18.2 Å². The molecule has 0 saturated heterocycles. The molecule has 2 N–H and O–H groups in total. The molecule has 1 aliphatic rings. The van der Waals surface area contributed by atoms with Gasteiger partial charge in [-0.3, -0.25) is 14.4 Å². The summed E-state index contributed by atoms with van der Waals surface area (Å²) in [5.41, 5.74) is 1.30. The van der Waals surface area contributed by atoms with Crippen molar-refractivity contribution >= 4 is 40.4 Å². The molecule has 1 aromatic heterocycles. The van der Waals surface area contributed by atoms with Gasteiger partial charge in [-0.25, -0.2) is 0 Å². The number of fused-ring (bicyclic) bond motifs is 1. The number of benzene rings is 1. The molecule has 0 aliphatic carbocycles. The first-order valence-corrected chi connectivity index (χ1v) is 8.42. The molecule has 1 aromatic carbocycles. The minimum absolute atomic E-state index is 0.0208. The van der Waals surface area contributed by atoms with Gasteiger partial charge < -0.3 is 15.5 Å². The van der Waals surface area contributed by atoms with Crippen molar-refractivity contribution in [2.45, 2.75) is 19.4 Å². The molecule has 1 atom stereocenters. The average Bonchev–Trinajstić information content (AvgIpc) is 3.07. The van der Waals surface area contributed by atoms with E-state index < -0.39 is 6.04 Å². The fourth-order valence-corrected chi connectivity index (χ4v) is 3.48. The molecule has 6 nitrogen and oxygen atoms in total. The average molecular weight is 343 g/mol.